The number of hydrogen-bond acceptors (Lipinski definition) is 11. The smallest absolute Gasteiger partial charge is 0.335 e. The highest BCUT2D eigenvalue weighted by Crippen LogP contribution is 2.26. The van der Waals surface area contributed by atoms with E-state index in [2.05, 4.69) is 45.1 Å². The molecule has 0 aliphatic carbocycles. The van der Waals surface area contributed by atoms with Crippen LogP contribution in [0.1, 0.15) is 265 Å². The third-order valence-corrected chi connectivity index (χ3v) is 13.0. The summed E-state index contributed by atoms with van der Waals surface area (Å²) >= 11 is 0. The van der Waals surface area contributed by atoms with Crippen LogP contribution in [-0.4, -0.2) is 89.2 Å². The van der Waals surface area contributed by atoms with E-state index in [4.69, 9.17) is 23.7 Å². The predicted octanol–water partition coefficient (Wildman–Crippen LogP) is 13.9. The summed E-state index contributed by atoms with van der Waals surface area (Å²) < 4.78 is 28.3. The molecule has 12 heteroatoms. The molecule has 12 nitrogen and oxygen atoms in total. The summed E-state index contributed by atoms with van der Waals surface area (Å²) in [6, 6.07) is 0. The normalized spacial score (nSPS) is 18.8. The van der Waals surface area contributed by atoms with E-state index in [1.165, 1.54) is 116 Å². The third kappa shape index (κ3) is 36.7. The van der Waals surface area contributed by atoms with Crippen molar-refractivity contribution < 1.29 is 58.2 Å². The Morgan fingerprint density at radius 3 is 1.25 bits per heavy atom. The van der Waals surface area contributed by atoms with Crippen LogP contribution in [0, 0.1) is 0 Å². The number of hydrogen-bond donors (Lipinski definition) is 3. The van der Waals surface area contributed by atoms with Gasteiger partial charge in [0.1, 0.15) is 18.8 Å². The lowest BCUT2D eigenvalue weighted by molar-refractivity contribution is -0.301. The minimum Gasteiger partial charge on any atom is -0.479 e. The van der Waals surface area contributed by atoms with E-state index in [-0.39, 0.29) is 25.9 Å². The lowest BCUT2D eigenvalue weighted by atomic mass is 9.98. The number of aliphatic hydroxyl groups is 2. The highest BCUT2D eigenvalue weighted by Gasteiger charge is 2.50. The number of carboxylic acid groups (broad SMARTS) is 1. The Balaban J connectivity index is 2.66. The molecule has 1 aliphatic heterocycles. The van der Waals surface area contributed by atoms with Gasteiger partial charge in [0.05, 0.1) is 6.61 Å². The predicted molar refractivity (Wildman–Crippen MR) is 276 cm³/mol. The van der Waals surface area contributed by atoms with Gasteiger partial charge in [-0.3, -0.25) is 14.4 Å². The van der Waals surface area contributed by atoms with E-state index < -0.39 is 67.3 Å². The zero-order valence-corrected chi connectivity index (χ0v) is 44.1. The van der Waals surface area contributed by atoms with Crippen molar-refractivity contribution in [1.29, 1.82) is 0 Å². The second-order valence-corrected chi connectivity index (χ2v) is 19.6. The van der Waals surface area contributed by atoms with Crippen LogP contribution < -0.4 is 0 Å². The largest absolute Gasteiger partial charge is 0.479 e. The molecular formula is C57H102O12. The minimum atomic E-state index is -1.90. The summed E-state index contributed by atoms with van der Waals surface area (Å²) in [7, 11) is 0. The van der Waals surface area contributed by atoms with Crippen LogP contribution >= 0.6 is 0 Å². The van der Waals surface area contributed by atoms with Gasteiger partial charge in [0.2, 0.25) is 0 Å². The van der Waals surface area contributed by atoms with Crippen molar-refractivity contribution in [2.75, 3.05) is 13.2 Å². The van der Waals surface area contributed by atoms with Gasteiger partial charge in [0.15, 0.2) is 24.6 Å². The van der Waals surface area contributed by atoms with Crippen LogP contribution in [0.25, 0.3) is 0 Å². The highest BCUT2D eigenvalue weighted by molar-refractivity contribution is 5.74. The summed E-state index contributed by atoms with van der Waals surface area (Å²) in [6.07, 6.45) is 38.8. The number of carboxylic acids is 1. The molecule has 1 rings (SSSR count). The number of aliphatic hydroxyl groups excluding tert-OH is 2. The number of carbonyl (C=O) groups excluding carboxylic acids is 3. The number of allylic oxidation sites excluding steroid dienone is 4. The third-order valence-electron chi connectivity index (χ3n) is 13.0. The molecular weight excluding hydrogens is 877 g/mol. The number of aliphatic carboxylic acids is 1. The molecule has 0 aromatic heterocycles. The van der Waals surface area contributed by atoms with Gasteiger partial charge in [-0.05, 0) is 70.6 Å². The molecule has 1 aliphatic rings. The molecule has 6 atom stereocenters. The fourth-order valence-corrected chi connectivity index (χ4v) is 8.59. The Bertz CT molecular complexity index is 1300. The summed E-state index contributed by atoms with van der Waals surface area (Å²) in [4.78, 5) is 50.9. The van der Waals surface area contributed by atoms with Crippen LogP contribution in [0.4, 0.5) is 0 Å². The molecule has 1 saturated heterocycles. The van der Waals surface area contributed by atoms with E-state index >= 15 is 0 Å². The monoisotopic (exact) mass is 979 g/mol. The van der Waals surface area contributed by atoms with E-state index in [0.717, 1.165) is 89.9 Å². The Labute approximate surface area is 419 Å². The maximum absolute atomic E-state index is 13.0. The molecule has 3 N–H and O–H groups in total. The van der Waals surface area contributed by atoms with Crippen molar-refractivity contribution in [3.8, 4) is 0 Å². The minimum absolute atomic E-state index is 0.0590. The van der Waals surface area contributed by atoms with Gasteiger partial charge >= 0.3 is 23.9 Å². The van der Waals surface area contributed by atoms with Gasteiger partial charge in [-0.2, -0.15) is 0 Å². The maximum Gasteiger partial charge on any atom is 0.335 e. The highest BCUT2D eigenvalue weighted by atomic mass is 16.7. The van der Waals surface area contributed by atoms with Crippen molar-refractivity contribution in [3.05, 3.63) is 24.3 Å². The second kappa shape index (κ2) is 46.3. The average molecular weight is 979 g/mol. The Hall–Kier alpha value is -2.80. The topological polar surface area (TPSA) is 175 Å². The average Bonchev–Trinajstić information content (AvgIpc) is 3.33. The van der Waals surface area contributed by atoms with Gasteiger partial charge in [0.25, 0.3) is 0 Å². The van der Waals surface area contributed by atoms with Crippen molar-refractivity contribution in [1.82, 2.24) is 0 Å². The SMILES string of the molecule is CCCCCC/C=C\CCCCCCCC(=O)OCC(COC1OC(C(=O)O)C(O)C(O)C1OC(=O)CCCCCCCCC/C=C\CCCCCCCC)OC(=O)CCCCCCCCCCC. The fraction of sp³-hybridized carbons (Fsp3) is 0.860. The van der Waals surface area contributed by atoms with Crippen molar-refractivity contribution in [3.63, 3.8) is 0 Å². The van der Waals surface area contributed by atoms with Gasteiger partial charge in [-0.1, -0.05) is 199 Å². The zero-order valence-electron chi connectivity index (χ0n) is 44.1. The van der Waals surface area contributed by atoms with E-state index in [1.807, 2.05) is 0 Å². The van der Waals surface area contributed by atoms with Crippen molar-refractivity contribution in [2.45, 2.75) is 302 Å². The molecule has 0 spiro atoms. The second-order valence-electron chi connectivity index (χ2n) is 19.6. The van der Waals surface area contributed by atoms with Crippen LogP contribution in [-0.2, 0) is 42.9 Å². The summed E-state index contributed by atoms with van der Waals surface area (Å²) in [5.41, 5.74) is 0. The quantitative estimate of drug-likeness (QED) is 0.0228. The van der Waals surface area contributed by atoms with Crippen LogP contribution in [0.3, 0.4) is 0 Å². The maximum atomic E-state index is 13.0. The molecule has 6 unspecified atom stereocenters. The Kier molecular flexibility index (Phi) is 43.1. The first-order chi connectivity index (χ1) is 33.6. The lowest BCUT2D eigenvalue weighted by Gasteiger charge is -2.40. The molecule has 1 heterocycles. The molecule has 0 radical (unpaired) electrons. The van der Waals surface area contributed by atoms with Gasteiger partial charge < -0.3 is 39.0 Å². The zero-order chi connectivity index (χ0) is 50.4. The molecule has 402 valence electrons. The Morgan fingerprint density at radius 2 is 0.826 bits per heavy atom. The molecule has 1 fully saturated rings. The Morgan fingerprint density at radius 1 is 0.464 bits per heavy atom. The van der Waals surface area contributed by atoms with E-state index in [0.29, 0.717) is 19.3 Å². The molecule has 0 aromatic rings. The van der Waals surface area contributed by atoms with E-state index in [1.54, 1.807) is 0 Å². The molecule has 0 saturated carbocycles. The van der Waals surface area contributed by atoms with Gasteiger partial charge in [-0.25, -0.2) is 4.79 Å². The summed E-state index contributed by atoms with van der Waals surface area (Å²) in [6.45, 7) is 5.94. The van der Waals surface area contributed by atoms with Crippen molar-refractivity contribution in [2.24, 2.45) is 0 Å². The number of esters is 3. The van der Waals surface area contributed by atoms with Gasteiger partial charge in [0, 0.05) is 19.3 Å². The van der Waals surface area contributed by atoms with Crippen LogP contribution in [0.5, 0.6) is 0 Å². The number of unbranched alkanes of at least 4 members (excludes halogenated alkanes) is 30. The van der Waals surface area contributed by atoms with Crippen LogP contribution in [0.2, 0.25) is 0 Å². The first kappa shape index (κ1) is 64.2. The first-order valence-corrected chi connectivity index (χ1v) is 28.3. The molecule has 0 bridgehead atoms. The lowest BCUT2D eigenvalue weighted by Crippen LogP contribution is -2.61. The summed E-state index contributed by atoms with van der Waals surface area (Å²) in [5, 5.41) is 31.4. The number of rotatable bonds is 48. The fourth-order valence-electron chi connectivity index (χ4n) is 8.59. The standard InChI is InChI=1S/C57H102O12/c1-4-7-10-13-16-19-21-23-24-25-26-28-30-33-36-39-42-45-51(60)68-55-53(62)52(61)54(56(63)64)69-57(55)66-47-48(67-50(59)44-41-38-35-31-18-15-12-9-6-3)46-65-49(58)43-40-37-34-32-29-27-22-20-17-14-11-8-5-2/h20,22-24,48,52-55,57,61-62H,4-19,21,25-47H2,1-3H3,(H,63,64)/b22-20-,24-23-. The van der Waals surface area contributed by atoms with Crippen LogP contribution in [0.15, 0.2) is 24.3 Å². The first-order valence-electron chi connectivity index (χ1n) is 28.3. The number of ether oxygens (including phenoxy) is 5. The van der Waals surface area contributed by atoms with Crippen molar-refractivity contribution >= 4 is 23.9 Å². The molecule has 0 aromatic carbocycles. The molecule has 69 heavy (non-hydrogen) atoms. The molecule has 0 amide bonds. The summed E-state index contributed by atoms with van der Waals surface area (Å²) in [5.74, 6) is -3.12. The number of carbonyl (C=O) groups is 4. The van der Waals surface area contributed by atoms with Gasteiger partial charge in [-0.15, -0.1) is 0 Å². The van der Waals surface area contributed by atoms with E-state index in [9.17, 15) is 34.5 Å².